The zero-order valence-electron chi connectivity index (χ0n) is 17.9. The number of ether oxygens (including phenoxy) is 1. The van der Waals surface area contributed by atoms with Gasteiger partial charge in [-0.05, 0) is 18.9 Å². The Morgan fingerprint density at radius 2 is 2.03 bits per heavy atom. The Morgan fingerprint density at radius 3 is 2.74 bits per heavy atom. The Kier molecular flexibility index (Phi) is 6.39. The molecule has 3 heterocycles. The van der Waals surface area contributed by atoms with E-state index in [1.54, 1.807) is 17.7 Å². The number of anilines is 1. The normalized spacial score (nSPS) is 13.9. The predicted octanol–water partition coefficient (Wildman–Crippen LogP) is 1.65. The van der Waals surface area contributed by atoms with Crippen LogP contribution in [0.15, 0.2) is 41.8 Å². The van der Waals surface area contributed by atoms with Crippen LogP contribution < -0.4 is 10.3 Å². The first kappa shape index (κ1) is 21.5. The Labute approximate surface area is 197 Å². The number of aryl methyl sites for hydroxylation is 2. The van der Waals surface area contributed by atoms with E-state index in [2.05, 4.69) is 23.1 Å². The van der Waals surface area contributed by atoms with Crippen LogP contribution in [0.3, 0.4) is 0 Å². The fraction of sp³-hybridized carbons (Fsp3) is 0.333. The van der Waals surface area contributed by atoms with Crippen LogP contribution in [-0.4, -0.2) is 75.3 Å². The molecule has 0 aliphatic carbocycles. The molecular weight excluding hydrogens is 587 g/mol. The van der Waals surface area contributed by atoms with E-state index in [0.29, 0.717) is 56.5 Å². The Morgan fingerprint density at radius 1 is 1.26 bits per heavy atom. The number of imidazole rings is 1. The minimum absolute atomic E-state index is 0.153. The number of rotatable bonds is 5. The van der Waals surface area contributed by atoms with Crippen molar-refractivity contribution in [2.75, 3.05) is 25.2 Å². The van der Waals surface area contributed by atoms with Crippen molar-refractivity contribution < 1.29 is 9.53 Å². The summed E-state index contributed by atoms with van der Waals surface area (Å²) in [6.07, 6.45) is 4.32. The third kappa shape index (κ3) is 4.50. The van der Waals surface area contributed by atoms with Crippen LogP contribution in [0.4, 0.5) is 5.69 Å². The van der Waals surface area contributed by atoms with Crippen molar-refractivity contribution in [3.63, 3.8) is 0 Å². The number of aromatic nitrogens is 3. The van der Waals surface area contributed by atoms with E-state index in [9.17, 15) is 4.79 Å². The van der Waals surface area contributed by atoms with Gasteiger partial charge in [0.05, 0.1) is 5.69 Å². The van der Waals surface area contributed by atoms with E-state index >= 15 is 0 Å². The SMILES string of the molecule is CCc1nc2ncc(C)cn2c1C(=O)NCc1ccc(N2CC[N]([Tl])C(OC)=N2)cc1. The Balaban J connectivity index is 1.47. The Bertz CT molecular complexity index is 1130. The zero-order valence-corrected chi connectivity index (χ0v) is 22.4. The van der Waals surface area contributed by atoms with Gasteiger partial charge in [0.2, 0.25) is 5.78 Å². The molecule has 158 valence electrons. The number of methoxy groups -OCH3 is 1. The number of amidine groups is 1. The number of nitrogens with one attached hydrogen (secondary N) is 1. The molecular formula is C21H24N7O2Tl. The minimum atomic E-state index is -0.153. The Hall–Kier alpha value is -2.70. The van der Waals surface area contributed by atoms with Crippen LogP contribution in [0, 0.1) is 6.92 Å². The maximum atomic E-state index is 13.0. The van der Waals surface area contributed by atoms with Gasteiger partial charge in [0.15, 0.2) is 0 Å². The third-order valence-corrected chi connectivity index (χ3v) is 6.97. The second-order valence-corrected chi connectivity index (χ2v) is 9.74. The molecule has 0 spiro atoms. The quantitative estimate of drug-likeness (QED) is 0.443. The van der Waals surface area contributed by atoms with Gasteiger partial charge in [-0.1, -0.05) is 6.92 Å². The van der Waals surface area contributed by atoms with Gasteiger partial charge >= 0.3 is 134 Å². The molecule has 1 amide bonds. The van der Waals surface area contributed by atoms with Gasteiger partial charge < -0.3 is 0 Å². The van der Waals surface area contributed by atoms with Crippen LogP contribution >= 0.6 is 0 Å². The van der Waals surface area contributed by atoms with Gasteiger partial charge in [0.1, 0.15) is 0 Å². The first-order chi connectivity index (χ1) is 15.0. The van der Waals surface area contributed by atoms with Crippen LogP contribution in [0.25, 0.3) is 5.78 Å². The number of fused-ring (bicyclic) bond motifs is 1. The van der Waals surface area contributed by atoms with Gasteiger partial charge in [-0.15, -0.1) is 0 Å². The van der Waals surface area contributed by atoms with Gasteiger partial charge in [-0.2, -0.15) is 0 Å². The molecule has 3 aromatic rings. The zero-order chi connectivity index (χ0) is 22.0. The van der Waals surface area contributed by atoms with Crippen molar-refractivity contribution in [2.45, 2.75) is 26.8 Å². The molecule has 0 fully saturated rings. The third-order valence-electron chi connectivity index (χ3n) is 5.11. The number of hydrogen-bond acceptors (Lipinski definition) is 7. The van der Waals surface area contributed by atoms with E-state index in [1.807, 2.05) is 49.3 Å². The molecule has 31 heavy (non-hydrogen) atoms. The van der Waals surface area contributed by atoms with E-state index < -0.39 is 0 Å². The molecule has 2 aromatic heterocycles. The van der Waals surface area contributed by atoms with Crippen molar-refractivity contribution >= 4 is 49.5 Å². The summed E-state index contributed by atoms with van der Waals surface area (Å²) in [5.41, 5.74) is 4.28. The molecule has 0 bridgehead atoms. The number of carbonyl (C=O) groups excluding carboxylic acids is 1. The van der Waals surface area contributed by atoms with Crippen LogP contribution in [0.1, 0.15) is 34.2 Å². The molecule has 1 aliphatic heterocycles. The molecule has 1 aromatic carbocycles. The molecule has 1 N–H and O–H groups in total. The average Bonchev–Trinajstić information content (AvgIpc) is 3.16. The molecule has 0 atom stereocenters. The summed E-state index contributed by atoms with van der Waals surface area (Å²) in [6.45, 7) is 6.09. The molecule has 0 saturated carbocycles. The van der Waals surface area contributed by atoms with Crippen LogP contribution in [-0.2, 0) is 17.7 Å². The molecule has 10 heteroatoms. The van der Waals surface area contributed by atoms with Crippen molar-refractivity contribution in [2.24, 2.45) is 5.10 Å². The molecule has 1 aliphatic rings. The van der Waals surface area contributed by atoms with Gasteiger partial charge in [0.25, 0.3) is 0 Å². The first-order valence-corrected chi connectivity index (χ1v) is 12.1. The van der Waals surface area contributed by atoms with Crippen LogP contribution in [0.5, 0.6) is 0 Å². The van der Waals surface area contributed by atoms with Gasteiger partial charge in [0, 0.05) is 12.4 Å². The summed E-state index contributed by atoms with van der Waals surface area (Å²) in [4.78, 5) is 21.8. The second kappa shape index (κ2) is 9.20. The van der Waals surface area contributed by atoms with E-state index in [-0.39, 0.29) is 5.91 Å². The number of benzene rings is 1. The summed E-state index contributed by atoms with van der Waals surface area (Å²) < 4.78 is 9.27. The molecule has 9 nitrogen and oxygen atoms in total. The molecule has 4 rings (SSSR count). The molecule has 0 saturated heterocycles. The summed E-state index contributed by atoms with van der Waals surface area (Å²) in [5.74, 6) is 0.391. The number of hydrazone groups is 1. The summed E-state index contributed by atoms with van der Waals surface area (Å²) in [5, 5.41) is 9.52. The maximum absolute atomic E-state index is 13.0. The fourth-order valence-electron chi connectivity index (χ4n) is 3.47. The predicted molar refractivity (Wildman–Crippen MR) is 119 cm³/mol. The molecule has 0 radical (unpaired) electrons. The number of nitrogens with zero attached hydrogens (tertiary/aromatic N) is 6. The van der Waals surface area contributed by atoms with Gasteiger partial charge in [-0.3, -0.25) is 4.40 Å². The van der Waals surface area contributed by atoms with Crippen LogP contribution in [0.2, 0.25) is 0 Å². The fourth-order valence-corrected chi connectivity index (χ4v) is 4.53. The van der Waals surface area contributed by atoms with Crippen molar-refractivity contribution in [1.82, 2.24) is 22.4 Å². The van der Waals surface area contributed by atoms with E-state index in [1.165, 1.54) is 0 Å². The number of hydrogen-bond donors (Lipinski definition) is 1. The van der Waals surface area contributed by atoms with E-state index in [4.69, 9.17) is 4.74 Å². The number of amides is 1. The average molecular weight is 611 g/mol. The van der Waals surface area contributed by atoms with Crippen molar-refractivity contribution in [1.29, 1.82) is 0 Å². The van der Waals surface area contributed by atoms with Crippen molar-refractivity contribution in [3.05, 3.63) is 59.2 Å². The second-order valence-electron chi connectivity index (χ2n) is 7.31. The van der Waals surface area contributed by atoms with E-state index in [0.717, 1.165) is 35.6 Å². The standard InChI is InChI=1S/C21H25N7O2.Tl/c1-4-17-18(27-13-14(2)11-24-20(27)25-17)19(29)23-12-15-5-7-16(8-6-15)28-10-9-22-21(26-28)30-3;/h5-8,11,13H,4,9-10,12H2,1-3H3,(H2,22,23,26,29);/q;+1/p-1. The molecule has 0 unspecified atom stereocenters. The summed E-state index contributed by atoms with van der Waals surface area (Å²) in [6, 6.07) is 8.71. The monoisotopic (exact) mass is 611 g/mol. The summed E-state index contributed by atoms with van der Waals surface area (Å²) in [7, 11) is 1.65. The summed E-state index contributed by atoms with van der Waals surface area (Å²) >= 11 is 0.665. The first-order valence-electron chi connectivity index (χ1n) is 10.1. The topological polar surface area (TPSA) is 87.4 Å². The number of carbonyl (C=O) groups is 1. The van der Waals surface area contributed by atoms with Gasteiger partial charge in [-0.25, -0.2) is 9.97 Å². The van der Waals surface area contributed by atoms with Crippen molar-refractivity contribution in [3.8, 4) is 0 Å².